The summed E-state index contributed by atoms with van der Waals surface area (Å²) < 4.78 is 13.3. The van der Waals surface area contributed by atoms with Crippen LogP contribution in [-0.4, -0.2) is 16.8 Å². The fraction of sp³-hybridized carbons (Fsp3) is 0.400. The average molecular weight is 234 g/mol. The van der Waals surface area contributed by atoms with Gasteiger partial charge in [0.05, 0.1) is 5.02 Å². The Morgan fingerprint density at radius 1 is 1.60 bits per heavy atom. The van der Waals surface area contributed by atoms with E-state index in [9.17, 15) is 9.50 Å². The van der Waals surface area contributed by atoms with Crippen LogP contribution in [0.4, 0.5) is 4.39 Å². The highest BCUT2D eigenvalue weighted by Gasteiger charge is 2.19. The van der Waals surface area contributed by atoms with Crippen LogP contribution in [0.1, 0.15) is 23.6 Å². The molecule has 0 heterocycles. The minimum atomic E-state index is -0.622. The van der Waals surface area contributed by atoms with E-state index in [1.807, 2.05) is 0 Å². The second-order valence-electron chi connectivity index (χ2n) is 3.35. The number of hydrogen-bond acceptors (Lipinski definition) is 3. The summed E-state index contributed by atoms with van der Waals surface area (Å²) in [5.74, 6) is -0.724. The van der Waals surface area contributed by atoms with Crippen molar-refractivity contribution in [2.45, 2.75) is 19.4 Å². The van der Waals surface area contributed by atoms with Gasteiger partial charge in [-0.1, -0.05) is 11.6 Å². The molecule has 5 heteroatoms. The second-order valence-corrected chi connectivity index (χ2v) is 3.75. The van der Waals surface area contributed by atoms with Crippen molar-refractivity contribution in [2.24, 2.45) is 5.73 Å². The first-order chi connectivity index (χ1) is 6.99. The Hall–Kier alpha value is -0.840. The molecule has 4 N–H and O–H groups in total. The van der Waals surface area contributed by atoms with Crippen LogP contribution in [0.15, 0.2) is 6.07 Å². The number of aliphatic hydroxyl groups is 1. The fourth-order valence-corrected chi connectivity index (χ4v) is 1.66. The molecule has 0 spiro atoms. The number of halogens is 2. The van der Waals surface area contributed by atoms with E-state index < -0.39 is 11.9 Å². The van der Waals surface area contributed by atoms with Crippen molar-refractivity contribution >= 4 is 11.6 Å². The normalized spacial score (nSPS) is 12.9. The molecule has 84 valence electrons. The van der Waals surface area contributed by atoms with Gasteiger partial charge in [-0.25, -0.2) is 4.39 Å². The van der Waals surface area contributed by atoms with E-state index in [2.05, 4.69) is 0 Å². The number of rotatable bonds is 3. The molecule has 0 aromatic heterocycles. The maximum Gasteiger partial charge on any atom is 0.139 e. The Bertz CT molecular complexity index is 345. The molecule has 0 aliphatic heterocycles. The van der Waals surface area contributed by atoms with Gasteiger partial charge in [0.25, 0.3) is 0 Å². The molecule has 1 rings (SSSR count). The lowest BCUT2D eigenvalue weighted by Crippen LogP contribution is -2.14. The molecule has 1 atom stereocenters. The van der Waals surface area contributed by atoms with E-state index >= 15 is 0 Å². The van der Waals surface area contributed by atoms with Gasteiger partial charge in [0.1, 0.15) is 11.6 Å². The van der Waals surface area contributed by atoms with Crippen LogP contribution < -0.4 is 5.73 Å². The number of aliphatic hydroxyl groups excluding tert-OH is 1. The predicted octanol–water partition coefficient (Wildman–Crippen LogP) is 1.88. The van der Waals surface area contributed by atoms with Gasteiger partial charge in [0, 0.05) is 18.2 Å². The standard InChI is InChI=1S/C10H13ClFNO2/c1-5-7(12)4-6(11)10(15)9(5)8(13)2-3-14/h4,8,14-15H,2-3,13H2,1H3. The van der Waals surface area contributed by atoms with Gasteiger partial charge in [-0.3, -0.25) is 0 Å². The summed E-state index contributed by atoms with van der Waals surface area (Å²) in [7, 11) is 0. The predicted molar refractivity (Wildman–Crippen MR) is 56.4 cm³/mol. The number of phenols is 1. The SMILES string of the molecule is Cc1c(F)cc(Cl)c(O)c1C(N)CCO. The molecule has 0 fully saturated rings. The number of benzene rings is 1. The molecule has 1 aromatic rings. The van der Waals surface area contributed by atoms with Gasteiger partial charge in [0.15, 0.2) is 0 Å². The highest BCUT2D eigenvalue weighted by molar-refractivity contribution is 6.32. The molecule has 3 nitrogen and oxygen atoms in total. The lowest BCUT2D eigenvalue weighted by atomic mass is 9.98. The zero-order valence-electron chi connectivity index (χ0n) is 8.30. The van der Waals surface area contributed by atoms with E-state index in [1.165, 1.54) is 6.92 Å². The molecule has 0 radical (unpaired) electrons. The van der Waals surface area contributed by atoms with E-state index in [-0.39, 0.29) is 34.9 Å². The van der Waals surface area contributed by atoms with Crippen molar-refractivity contribution in [3.63, 3.8) is 0 Å². The Morgan fingerprint density at radius 2 is 2.20 bits per heavy atom. The number of phenolic OH excluding ortho intramolecular Hbond substituents is 1. The first kappa shape index (κ1) is 12.2. The quantitative estimate of drug-likeness (QED) is 0.747. The minimum Gasteiger partial charge on any atom is -0.506 e. The van der Waals surface area contributed by atoms with E-state index in [1.54, 1.807) is 0 Å². The third-order valence-electron chi connectivity index (χ3n) is 2.31. The smallest absolute Gasteiger partial charge is 0.139 e. The van der Waals surface area contributed by atoms with Crippen LogP contribution in [0.25, 0.3) is 0 Å². The molecule has 0 amide bonds. The van der Waals surface area contributed by atoms with Gasteiger partial charge < -0.3 is 15.9 Å². The van der Waals surface area contributed by atoms with Gasteiger partial charge in [-0.15, -0.1) is 0 Å². The summed E-state index contributed by atoms with van der Waals surface area (Å²) in [5.41, 5.74) is 6.22. The maximum absolute atomic E-state index is 13.3. The molecule has 1 aromatic carbocycles. The average Bonchev–Trinajstić information content (AvgIpc) is 2.16. The summed E-state index contributed by atoms with van der Waals surface area (Å²) >= 11 is 5.63. The van der Waals surface area contributed by atoms with Gasteiger partial charge >= 0.3 is 0 Å². The molecule has 0 aliphatic rings. The van der Waals surface area contributed by atoms with Gasteiger partial charge in [-0.2, -0.15) is 0 Å². The fourth-order valence-electron chi connectivity index (χ4n) is 1.46. The monoisotopic (exact) mass is 233 g/mol. The largest absolute Gasteiger partial charge is 0.506 e. The number of aromatic hydroxyl groups is 1. The minimum absolute atomic E-state index is 0.0681. The summed E-state index contributed by atoms with van der Waals surface area (Å²) in [6.07, 6.45) is 0.244. The molecule has 15 heavy (non-hydrogen) atoms. The van der Waals surface area contributed by atoms with Crippen LogP contribution >= 0.6 is 11.6 Å². The lowest BCUT2D eigenvalue weighted by molar-refractivity contribution is 0.275. The Labute approximate surface area is 92.3 Å². The number of hydrogen-bond donors (Lipinski definition) is 3. The van der Waals surface area contributed by atoms with Crippen molar-refractivity contribution in [3.8, 4) is 5.75 Å². The third kappa shape index (κ3) is 2.40. The van der Waals surface area contributed by atoms with E-state index in [0.29, 0.717) is 0 Å². The summed E-state index contributed by atoms with van der Waals surface area (Å²) in [5, 5.41) is 18.3. The molecular weight excluding hydrogens is 221 g/mol. The first-order valence-corrected chi connectivity index (χ1v) is 4.90. The van der Waals surface area contributed by atoms with E-state index in [4.69, 9.17) is 22.4 Å². The van der Waals surface area contributed by atoms with Crippen molar-refractivity contribution in [3.05, 3.63) is 28.0 Å². The molecule has 0 saturated carbocycles. The molecule has 0 saturated heterocycles. The molecule has 1 unspecified atom stereocenters. The summed E-state index contributed by atoms with van der Waals surface area (Å²) in [6.45, 7) is 1.38. The summed E-state index contributed by atoms with van der Waals surface area (Å²) in [4.78, 5) is 0. The molecule has 0 bridgehead atoms. The van der Waals surface area contributed by atoms with Crippen LogP contribution in [-0.2, 0) is 0 Å². The Morgan fingerprint density at radius 3 is 2.73 bits per heavy atom. The third-order valence-corrected chi connectivity index (χ3v) is 2.60. The first-order valence-electron chi connectivity index (χ1n) is 4.53. The lowest BCUT2D eigenvalue weighted by Gasteiger charge is -2.16. The molecule has 0 aliphatic carbocycles. The zero-order chi connectivity index (χ0) is 11.6. The van der Waals surface area contributed by atoms with Crippen molar-refractivity contribution in [1.82, 2.24) is 0 Å². The highest BCUT2D eigenvalue weighted by atomic mass is 35.5. The van der Waals surface area contributed by atoms with E-state index in [0.717, 1.165) is 6.07 Å². The van der Waals surface area contributed by atoms with Crippen LogP contribution in [0.3, 0.4) is 0 Å². The zero-order valence-corrected chi connectivity index (χ0v) is 9.05. The van der Waals surface area contributed by atoms with Crippen molar-refractivity contribution in [2.75, 3.05) is 6.61 Å². The van der Waals surface area contributed by atoms with Crippen LogP contribution in [0.5, 0.6) is 5.75 Å². The van der Waals surface area contributed by atoms with Crippen molar-refractivity contribution < 1.29 is 14.6 Å². The van der Waals surface area contributed by atoms with Gasteiger partial charge in [-0.05, 0) is 25.0 Å². The van der Waals surface area contributed by atoms with Crippen LogP contribution in [0, 0.1) is 12.7 Å². The topological polar surface area (TPSA) is 66.5 Å². The second kappa shape index (κ2) is 4.79. The molecular formula is C10H13ClFNO2. The van der Waals surface area contributed by atoms with Gasteiger partial charge in [0.2, 0.25) is 0 Å². The number of nitrogens with two attached hydrogens (primary N) is 1. The maximum atomic E-state index is 13.3. The Kier molecular flexibility index (Phi) is 3.90. The van der Waals surface area contributed by atoms with Crippen LogP contribution in [0.2, 0.25) is 5.02 Å². The van der Waals surface area contributed by atoms with Crippen molar-refractivity contribution in [1.29, 1.82) is 0 Å². The highest BCUT2D eigenvalue weighted by Crippen LogP contribution is 2.35. The summed E-state index contributed by atoms with van der Waals surface area (Å²) in [6, 6.07) is 0.421. The Balaban J connectivity index is 3.26.